The van der Waals surface area contributed by atoms with Gasteiger partial charge in [0.15, 0.2) is 0 Å². The Balaban J connectivity index is 4.73. The van der Waals surface area contributed by atoms with Crippen LogP contribution in [-0.4, -0.2) is 36.1 Å². The molecule has 4 nitrogen and oxygen atoms in total. The zero-order valence-corrected chi connectivity index (χ0v) is 11.2. The first-order valence-corrected chi connectivity index (χ1v) is 7.07. The van der Waals surface area contributed by atoms with E-state index in [4.69, 9.17) is 18.0 Å². The topological polar surface area (TPSA) is 63.4 Å². The van der Waals surface area contributed by atoms with Crippen molar-refractivity contribution in [2.75, 3.05) is 13.1 Å². The molecule has 6 heteroatoms. The second-order valence-electron chi connectivity index (χ2n) is 3.43. The summed E-state index contributed by atoms with van der Waals surface area (Å²) in [5.41, 5.74) is 5.37. The molecular formula is C9H20N2O2S2. The van der Waals surface area contributed by atoms with E-state index in [0.717, 1.165) is 12.8 Å². The van der Waals surface area contributed by atoms with Crippen LogP contribution in [0.3, 0.4) is 0 Å². The number of rotatable bonds is 7. The third kappa shape index (κ3) is 4.04. The summed E-state index contributed by atoms with van der Waals surface area (Å²) in [6.07, 6.45) is 1.82. The van der Waals surface area contributed by atoms with Gasteiger partial charge in [0.05, 0.1) is 4.99 Å². The van der Waals surface area contributed by atoms with Crippen LogP contribution in [0.5, 0.6) is 0 Å². The first-order chi connectivity index (χ1) is 6.87. The summed E-state index contributed by atoms with van der Waals surface area (Å²) < 4.78 is 25.4. The van der Waals surface area contributed by atoms with E-state index in [1.54, 1.807) is 0 Å². The van der Waals surface area contributed by atoms with E-state index in [0.29, 0.717) is 13.1 Å². The Bertz CT molecular complexity index is 301. The molecule has 0 radical (unpaired) electrons. The molecule has 0 fully saturated rings. The summed E-state index contributed by atoms with van der Waals surface area (Å²) in [7, 11) is -3.36. The largest absolute Gasteiger partial charge is 0.392 e. The number of thiocarbonyl (C=S) groups is 1. The average Bonchev–Trinajstić information content (AvgIpc) is 2.17. The standard InChI is InChI=1S/C9H20N2O2S2/c1-4-6-7-11(5-2)15(12,13)8(3)9(10)14/h8H,4-7H2,1-3H3,(H2,10,14). The summed E-state index contributed by atoms with van der Waals surface area (Å²) in [6, 6.07) is 0. The van der Waals surface area contributed by atoms with Crippen molar-refractivity contribution in [3.63, 3.8) is 0 Å². The first kappa shape index (κ1) is 14.8. The van der Waals surface area contributed by atoms with Crippen molar-refractivity contribution in [3.8, 4) is 0 Å². The van der Waals surface area contributed by atoms with Crippen molar-refractivity contribution in [3.05, 3.63) is 0 Å². The first-order valence-electron chi connectivity index (χ1n) is 5.16. The van der Waals surface area contributed by atoms with E-state index >= 15 is 0 Å². The fourth-order valence-electron chi connectivity index (χ4n) is 1.17. The number of sulfonamides is 1. The fraction of sp³-hybridized carbons (Fsp3) is 0.889. The Morgan fingerprint density at radius 1 is 1.47 bits per heavy atom. The minimum absolute atomic E-state index is 0.0324. The normalized spacial score (nSPS) is 14.1. The fourth-order valence-corrected chi connectivity index (χ4v) is 3.02. The molecule has 0 saturated heterocycles. The van der Waals surface area contributed by atoms with E-state index in [1.807, 2.05) is 13.8 Å². The molecule has 0 aromatic rings. The van der Waals surface area contributed by atoms with Crippen LogP contribution in [0, 0.1) is 0 Å². The average molecular weight is 252 g/mol. The lowest BCUT2D eigenvalue weighted by Gasteiger charge is -2.23. The van der Waals surface area contributed by atoms with Gasteiger partial charge in [0.1, 0.15) is 5.25 Å². The molecular weight excluding hydrogens is 232 g/mol. The molecule has 0 aliphatic heterocycles. The smallest absolute Gasteiger partial charge is 0.223 e. The molecule has 2 N–H and O–H groups in total. The molecule has 1 unspecified atom stereocenters. The highest BCUT2D eigenvalue weighted by molar-refractivity contribution is 7.92. The predicted octanol–water partition coefficient (Wildman–Crippen LogP) is 1.11. The minimum atomic E-state index is -3.36. The van der Waals surface area contributed by atoms with Gasteiger partial charge in [-0.15, -0.1) is 0 Å². The zero-order valence-electron chi connectivity index (χ0n) is 9.56. The van der Waals surface area contributed by atoms with Crippen LogP contribution in [0.15, 0.2) is 0 Å². The SMILES string of the molecule is CCCCN(CC)S(=O)(=O)C(C)C(N)=S. The quantitative estimate of drug-likeness (QED) is 0.690. The Hall–Kier alpha value is -0.200. The van der Waals surface area contributed by atoms with Gasteiger partial charge in [0.2, 0.25) is 10.0 Å². The summed E-state index contributed by atoms with van der Waals surface area (Å²) in [5.74, 6) is 0. The van der Waals surface area contributed by atoms with Crippen molar-refractivity contribution in [2.45, 2.75) is 38.9 Å². The Morgan fingerprint density at radius 2 is 2.00 bits per heavy atom. The third-order valence-electron chi connectivity index (χ3n) is 2.32. The van der Waals surface area contributed by atoms with Crippen LogP contribution < -0.4 is 5.73 Å². The molecule has 0 heterocycles. The highest BCUT2D eigenvalue weighted by atomic mass is 32.2. The van der Waals surface area contributed by atoms with E-state index in [1.165, 1.54) is 11.2 Å². The van der Waals surface area contributed by atoms with Crippen LogP contribution in [0.25, 0.3) is 0 Å². The lowest BCUT2D eigenvalue weighted by molar-refractivity contribution is 0.417. The number of hydrogen-bond acceptors (Lipinski definition) is 3. The van der Waals surface area contributed by atoms with Crippen LogP contribution in [0.1, 0.15) is 33.6 Å². The van der Waals surface area contributed by atoms with E-state index < -0.39 is 15.3 Å². The summed E-state index contributed by atoms with van der Waals surface area (Å²) >= 11 is 4.72. The minimum Gasteiger partial charge on any atom is -0.392 e. The summed E-state index contributed by atoms with van der Waals surface area (Å²) in [5, 5.41) is -0.774. The second-order valence-corrected chi connectivity index (χ2v) is 6.16. The number of nitrogens with two attached hydrogens (primary N) is 1. The maximum Gasteiger partial charge on any atom is 0.223 e. The van der Waals surface area contributed by atoms with Crippen LogP contribution in [0.2, 0.25) is 0 Å². The van der Waals surface area contributed by atoms with Gasteiger partial charge >= 0.3 is 0 Å². The van der Waals surface area contributed by atoms with Gasteiger partial charge in [-0.1, -0.05) is 32.5 Å². The molecule has 0 rings (SSSR count). The molecule has 0 saturated carbocycles. The van der Waals surface area contributed by atoms with Crippen molar-refractivity contribution < 1.29 is 8.42 Å². The molecule has 0 amide bonds. The van der Waals surface area contributed by atoms with Gasteiger partial charge in [-0.2, -0.15) is 0 Å². The molecule has 90 valence electrons. The Labute approximate surface area is 97.9 Å². The lowest BCUT2D eigenvalue weighted by Crippen LogP contribution is -2.43. The maximum atomic E-state index is 12.0. The van der Waals surface area contributed by atoms with Crippen LogP contribution >= 0.6 is 12.2 Å². The number of unbranched alkanes of at least 4 members (excludes halogenated alkanes) is 1. The Morgan fingerprint density at radius 3 is 2.33 bits per heavy atom. The van der Waals surface area contributed by atoms with Crippen molar-refractivity contribution >= 4 is 27.2 Å². The molecule has 0 aliphatic carbocycles. The molecule has 0 aromatic heterocycles. The van der Waals surface area contributed by atoms with Gasteiger partial charge < -0.3 is 5.73 Å². The number of nitrogens with zero attached hydrogens (tertiary/aromatic N) is 1. The molecule has 0 bridgehead atoms. The van der Waals surface area contributed by atoms with Gasteiger partial charge in [-0.3, -0.25) is 0 Å². The van der Waals surface area contributed by atoms with E-state index in [-0.39, 0.29) is 4.99 Å². The number of hydrogen-bond donors (Lipinski definition) is 1. The predicted molar refractivity (Wildman–Crippen MR) is 67.3 cm³/mol. The van der Waals surface area contributed by atoms with Gasteiger partial charge in [0, 0.05) is 13.1 Å². The van der Waals surface area contributed by atoms with E-state index in [2.05, 4.69) is 0 Å². The van der Waals surface area contributed by atoms with Gasteiger partial charge in [0.25, 0.3) is 0 Å². The monoisotopic (exact) mass is 252 g/mol. The van der Waals surface area contributed by atoms with Crippen LogP contribution in [0.4, 0.5) is 0 Å². The molecule has 0 aromatic carbocycles. The Kier molecular flexibility index (Phi) is 6.31. The maximum absolute atomic E-state index is 12.0. The van der Waals surface area contributed by atoms with Crippen molar-refractivity contribution in [1.29, 1.82) is 0 Å². The second kappa shape index (κ2) is 6.40. The van der Waals surface area contributed by atoms with Gasteiger partial charge in [-0.25, -0.2) is 12.7 Å². The van der Waals surface area contributed by atoms with Gasteiger partial charge in [-0.05, 0) is 13.3 Å². The van der Waals surface area contributed by atoms with Crippen molar-refractivity contribution in [1.82, 2.24) is 4.31 Å². The molecule has 1 atom stereocenters. The van der Waals surface area contributed by atoms with Crippen LogP contribution in [-0.2, 0) is 10.0 Å². The highest BCUT2D eigenvalue weighted by Gasteiger charge is 2.28. The molecule has 0 spiro atoms. The molecule has 0 aliphatic rings. The van der Waals surface area contributed by atoms with E-state index in [9.17, 15) is 8.42 Å². The summed E-state index contributed by atoms with van der Waals surface area (Å²) in [6.45, 7) is 6.39. The molecule has 15 heavy (non-hydrogen) atoms. The lowest BCUT2D eigenvalue weighted by atomic mass is 10.3. The zero-order chi connectivity index (χ0) is 12.1. The summed E-state index contributed by atoms with van der Waals surface area (Å²) in [4.78, 5) is 0.0324. The highest BCUT2D eigenvalue weighted by Crippen LogP contribution is 2.10. The van der Waals surface area contributed by atoms with Crippen molar-refractivity contribution in [2.24, 2.45) is 5.73 Å². The third-order valence-corrected chi connectivity index (χ3v) is 5.13.